The van der Waals surface area contributed by atoms with Crippen LogP contribution in [0.5, 0.6) is 0 Å². The van der Waals surface area contributed by atoms with E-state index in [1.165, 1.54) is 41.3 Å². The monoisotopic (exact) mass is 581 g/mol. The minimum Gasteiger partial charge on any atom is -0.456 e. The topological polar surface area (TPSA) is 142 Å². The number of carbonyl (C=O) groups is 2. The van der Waals surface area contributed by atoms with Gasteiger partial charge in [0.15, 0.2) is 8.32 Å². The van der Waals surface area contributed by atoms with Gasteiger partial charge in [0.25, 0.3) is 11.4 Å². The van der Waals surface area contributed by atoms with Crippen molar-refractivity contribution >= 4 is 37.1 Å². The highest BCUT2D eigenvalue weighted by atomic mass is 28.4. The van der Waals surface area contributed by atoms with Crippen LogP contribution in [0.2, 0.25) is 18.1 Å². The van der Waals surface area contributed by atoms with Crippen molar-refractivity contribution in [2.24, 2.45) is 11.8 Å². The summed E-state index contributed by atoms with van der Waals surface area (Å²) in [4.78, 5) is 49.6. The normalized spacial score (nSPS) is 20.0. The van der Waals surface area contributed by atoms with E-state index < -0.39 is 24.1 Å². The Balaban J connectivity index is 1.58. The molecule has 1 amide bonds. The molecule has 0 aromatic heterocycles. The largest absolute Gasteiger partial charge is 0.456 e. The second kappa shape index (κ2) is 12.3. The first kappa shape index (κ1) is 30.1. The van der Waals surface area contributed by atoms with Gasteiger partial charge in [-0.05, 0) is 65.5 Å². The van der Waals surface area contributed by atoms with Crippen molar-refractivity contribution in [2.45, 2.75) is 64.9 Å². The van der Waals surface area contributed by atoms with Crippen molar-refractivity contribution in [3.8, 4) is 0 Å². The number of nitrogens with zero attached hydrogens (tertiary/aromatic N) is 3. The number of non-ortho nitro benzene ring substituents is 2. The summed E-state index contributed by atoms with van der Waals surface area (Å²) in [5.74, 6) is -1.38. The Morgan fingerprint density at radius 1 is 0.927 bits per heavy atom. The van der Waals surface area contributed by atoms with Crippen LogP contribution in [0.1, 0.15) is 45.2 Å². The van der Waals surface area contributed by atoms with Crippen molar-refractivity contribution in [3.63, 3.8) is 0 Å². The van der Waals surface area contributed by atoms with Crippen LogP contribution in [-0.4, -0.2) is 47.6 Å². The number of fused-ring (bicyclic) bond motifs is 1. The van der Waals surface area contributed by atoms with Gasteiger partial charge in [0.1, 0.15) is 12.3 Å². The lowest BCUT2D eigenvalue weighted by molar-refractivity contribution is -0.385. The molecular formula is C29H35N3O8Si. The molecule has 4 rings (SSSR count). The standard InChI is InChI=1S/C29H35N3O8Si/c1-5-41(6-2,7-3)40-17-16-24-26-19(4)25(21-10-14-23(15-11-21)32(37)38)27(30(26)28(24)33)29(34)39-18-20-8-12-22(13-9-20)31(35)36/h8-15,19,24,26H,5-7,16-18H2,1-4H3/t19-,24-,26+/m0/s1. The number of benzene rings is 2. The van der Waals surface area contributed by atoms with Gasteiger partial charge in [-0.25, -0.2) is 4.79 Å². The average molecular weight is 582 g/mol. The fourth-order valence-corrected chi connectivity index (χ4v) is 8.63. The number of β-lactam (4-membered cyclic amide) rings is 1. The Morgan fingerprint density at radius 2 is 1.46 bits per heavy atom. The summed E-state index contributed by atoms with van der Waals surface area (Å²) < 4.78 is 12.0. The number of nitro benzene ring substituents is 2. The lowest BCUT2D eigenvalue weighted by atomic mass is 9.78. The van der Waals surface area contributed by atoms with Crippen LogP contribution in [0.3, 0.4) is 0 Å². The number of ether oxygens (including phenoxy) is 1. The molecule has 1 fully saturated rings. The molecule has 0 radical (unpaired) electrons. The van der Waals surface area contributed by atoms with Gasteiger partial charge < -0.3 is 14.1 Å². The van der Waals surface area contributed by atoms with Gasteiger partial charge in [-0.15, -0.1) is 0 Å². The Labute approximate surface area is 239 Å². The molecule has 0 unspecified atom stereocenters. The third-order valence-electron chi connectivity index (χ3n) is 8.60. The van der Waals surface area contributed by atoms with E-state index in [0.717, 1.165) is 18.1 Å². The van der Waals surface area contributed by atoms with Crippen LogP contribution >= 0.6 is 0 Å². The molecule has 2 aromatic rings. The Hall–Kier alpha value is -3.90. The number of nitro groups is 2. The van der Waals surface area contributed by atoms with Gasteiger partial charge in [0.2, 0.25) is 5.91 Å². The van der Waals surface area contributed by atoms with E-state index in [1.54, 1.807) is 12.1 Å². The second-order valence-corrected chi connectivity index (χ2v) is 15.3. The van der Waals surface area contributed by atoms with Crippen molar-refractivity contribution in [1.29, 1.82) is 0 Å². The van der Waals surface area contributed by atoms with Crippen molar-refractivity contribution in [1.82, 2.24) is 4.90 Å². The summed E-state index contributed by atoms with van der Waals surface area (Å²) in [6.45, 7) is 8.77. The van der Waals surface area contributed by atoms with E-state index >= 15 is 0 Å². The molecule has 2 heterocycles. The van der Waals surface area contributed by atoms with Gasteiger partial charge >= 0.3 is 5.97 Å². The molecule has 0 saturated carbocycles. The summed E-state index contributed by atoms with van der Waals surface area (Å²) >= 11 is 0. The number of rotatable bonds is 13. The predicted octanol–water partition coefficient (Wildman–Crippen LogP) is 5.85. The van der Waals surface area contributed by atoms with E-state index in [-0.39, 0.29) is 47.5 Å². The summed E-state index contributed by atoms with van der Waals surface area (Å²) in [5, 5.41) is 22.1. The maximum atomic E-state index is 13.5. The molecule has 2 aliphatic heterocycles. The third kappa shape index (κ3) is 5.80. The van der Waals surface area contributed by atoms with Crippen LogP contribution in [0.15, 0.2) is 54.2 Å². The SMILES string of the molecule is CC[Si](CC)(CC)OCC[C@@H]1C(=O)N2C(C(=O)OCc3ccc([N+](=O)[O-])cc3)=C(c3ccc([N+](=O)[O-])cc3)[C@H](C)[C@H]12. The van der Waals surface area contributed by atoms with Gasteiger partial charge in [-0.2, -0.15) is 0 Å². The molecule has 0 N–H and O–H groups in total. The maximum absolute atomic E-state index is 13.5. The van der Waals surface area contributed by atoms with Crippen LogP contribution in [0, 0.1) is 32.1 Å². The zero-order chi connectivity index (χ0) is 29.9. The highest BCUT2D eigenvalue weighted by Gasteiger charge is 2.58. The number of hydrogen-bond donors (Lipinski definition) is 0. The van der Waals surface area contributed by atoms with Crippen LogP contribution < -0.4 is 0 Å². The van der Waals surface area contributed by atoms with E-state index in [1.807, 2.05) is 6.92 Å². The lowest BCUT2D eigenvalue weighted by Gasteiger charge is -2.45. The molecule has 3 atom stereocenters. The highest BCUT2D eigenvalue weighted by molar-refractivity contribution is 6.73. The third-order valence-corrected chi connectivity index (χ3v) is 13.3. The highest BCUT2D eigenvalue weighted by Crippen LogP contribution is 2.51. The first-order valence-electron chi connectivity index (χ1n) is 13.9. The van der Waals surface area contributed by atoms with Crippen LogP contribution in [0.4, 0.5) is 11.4 Å². The Morgan fingerprint density at radius 3 is 1.98 bits per heavy atom. The summed E-state index contributed by atoms with van der Waals surface area (Å²) in [7, 11) is -1.81. The zero-order valence-electron chi connectivity index (χ0n) is 23.7. The van der Waals surface area contributed by atoms with Gasteiger partial charge in [-0.1, -0.05) is 27.7 Å². The fraction of sp³-hybridized carbons (Fsp3) is 0.448. The van der Waals surface area contributed by atoms with E-state index in [9.17, 15) is 29.8 Å². The quantitative estimate of drug-likeness (QED) is 0.0943. The Bertz CT molecular complexity index is 1350. The summed E-state index contributed by atoms with van der Waals surface area (Å²) in [6, 6.07) is 14.4. The second-order valence-electron chi connectivity index (χ2n) is 10.5. The fourth-order valence-electron chi connectivity index (χ4n) is 5.97. The van der Waals surface area contributed by atoms with E-state index in [2.05, 4.69) is 20.8 Å². The molecule has 0 aliphatic carbocycles. The predicted molar refractivity (Wildman–Crippen MR) is 154 cm³/mol. The van der Waals surface area contributed by atoms with Crippen LogP contribution in [-0.2, 0) is 25.4 Å². The van der Waals surface area contributed by atoms with Crippen molar-refractivity contribution in [3.05, 3.63) is 85.6 Å². The van der Waals surface area contributed by atoms with Crippen LogP contribution in [0.25, 0.3) is 5.57 Å². The van der Waals surface area contributed by atoms with E-state index in [4.69, 9.17) is 9.16 Å². The molecule has 41 heavy (non-hydrogen) atoms. The molecule has 2 aromatic carbocycles. The number of carbonyl (C=O) groups excluding carboxylic acids is 2. The number of hydrogen-bond acceptors (Lipinski definition) is 8. The first-order valence-corrected chi connectivity index (χ1v) is 16.5. The zero-order valence-corrected chi connectivity index (χ0v) is 24.7. The minimum atomic E-state index is -1.81. The Kier molecular flexibility index (Phi) is 9.03. The molecule has 0 bridgehead atoms. The summed E-state index contributed by atoms with van der Waals surface area (Å²) in [6.07, 6.45) is 0.553. The molecular weight excluding hydrogens is 546 g/mol. The maximum Gasteiger partial charge on any atom is 0.355 e. The minimum absolute atomic E-state index is 0.0754. The van der Waals surface area contributed by atoms with Crippen molar-refractivity contribution < 1.29 is 28.6 Å². The summed E-state index contributed by atoms with van der Waals surface area (Å²) in [5.41, 5.74) is 1.76. The van der Waals surface area contributed by atoms with E-state index in [0.29, 0.717) is 29.7 Å². The number of amides is 1. The molecule has 1 saturated heterocycles. The molecule has 11 nitrogen and oxygen atoms in total. The smallest absolute Gasteiger partial charge is 0.355 e. The van der Waals surface area contributed by atoms with Crippen molar-refractivity contribution in [2.75, 3.05) is 6.61 Å². The number of esters is 1. The van der Waals surface area contributed by atoms with Gasteiger partial charge in [-0.3, -0.25) is 25.0 Å². The molecule has 2 aliphatic rings. The first-order chi connectivity index (χ1) is 19.6. The lowest BCUT2D eigenvalue weighted by Crippen LogP contribution is -2.60. The molecule has 0 spiro atoms. The van der Waals surface area contributed by atoms with Gasteiger partial charge in [0.05, 0.1) is 21.8 Å². The molecule has 218 valence electrons. The molecule has 12 heteroatoms. The average Bonchev–Trinajstić information content (AvgIpc) is 3.25. The van der Waals surface area contributed by atoms with Gasteiger partial charge in [0, 0.05) is 36.8 Å².